The second-order valence-electron chi connectivity index (χ2n) is 6.14. The molecule has 6 heteroatoms. The Morgan fingerprint density at radius 3 is 2.88 bits per heavy atom. The Balaban J connectivity index is 2.14. The fourth-order valence-electron chi connectivity index (χ4n) is 3.17. The summed E-state index contributed by atoms with van der Waals surface area (Å²) in [5.74, 6) is 0. The highest BCUT2D eigenvalue weighted by Gasteiger charge is 2.21. The maximum Gasteiger partial charge on any atom is 0.270 e. The largest absolute Gasteiger partial charge is 0.369 e. The lowest BCUT2D eigenvalue weighted by Gasteiger charge is -2.35. The van der Waals surface area contributed by atoms with Gasteiger partial charge in [-0.2, -0.15) is 5.26 Å². The van der Waals surface area contributed by atoms with Crippen molar-refractivity contribution in [1.82, 2.24) is 9.97 Å². The van der Waals surface area contributed by atoms with Crippen LogP contribution in [0.15, 0.2) is 28.2 Å². The van der Waals surface area contributed by atoms with E-state index in [4.69, 9.17) is 0 Å². The van der Waals surface area contributed by atoms with Crippen LogP contribution in [0.3, 0.4) is 0 Å². The molecule has 3 rings (SSSR count). The van der Waals surface area contributed by atoms with Crippen LogP contribution in [0.2, 0.25) is 0 Å². The van der Waals surface area contributed by atoms with Gasteiger partial charge in [0.1, 0.15) is 11.6 Å². The third-order valence-corrected chi connectivity index (χ3v) is 4.91. The molecule has 1 aromatic heterocycles. The zero-order valence-electron chi connectivity index (χ0n) is 14.1. The number of aromatic nitrogens is 2. The molecule has 0 fully saturated rings. The van der Waals surface area contributed by atoms with E-state index in [1.807, 2.05) is 18.4 Å². The van der Waals surface area contributed by atoms with Gasteiger partial charge in [-0.3, -0.25) is 4.79 Å². The van der Waals surface area contributed by atoms with Crippen molar-refractivity contribution in [2.75, 3.05) is 17.7 Å². The number of anilines is 1. The van der Waals surface area contributed by atoms with Crippen molar-refractivity contribution in [3.05, 3.63) is 39.7 Å². The average molecular weight is 340 g/mol. The topological polar surface area (TPSA) is 72.8 Å². The molecular weight excluding hydrogens is 320 g/mol. The molecule has 0 amide bonds. The van der Waals surface area contributed by atoms with Crippen molar-refractivity contribution in [2.24, 2.45) is 0 Å². The van der Waals surface area contributed by atoms with Crippen molar-refractivity contribution in [1.29, 1.82) is 5.26 Å². The molecule has 0 saturated carbocycles. The van der Waals surface area contributed by atoms with Crippen LogP contribution < -0.4 is 10.5 Å². The van der Waals surface area contributed by atoms with E-state index in [0.717, 1.165) is 24.9 Å². The van der Waals surface area contributed by atoms with E-state index in [2.05, 4.69) is 40.8 Å². The third-order valence-electron chi connectivity index (χ3n) is 4.33. The van der Waals surface area contributed by atoms with Gasteiger partial charge in [0.15, 0.2) is 5.16 Å². The molecule has 1 aromatic carbocycles. The molecule has 2 heterocycles. The van der Waals surface area contributed by atoms with E-state index in [-0.39, 0.29) is 11.1 Å². The quantitative estimate of drug-likeness (QED) is 0.686. The van der Waals surface area contributed by atoms with Gasteiger partial charge in [-0.05, 0) is 50.6 Å². The maximum absolute atomic E-state index is 12.1. The molecule has 0 saturated heterocycles. The van der Waals surface area contributed by atoms with Gasteiger partial charge in [-0.25, -0.2) is 4.98 Å². The summed E-state index contributed by atoms with van der Waals surface area (Å²) < 4.78 is 0. The number of benzene rings is 1. The number of aryl methyl sites for hydroxylation is 1. The molecule has 1 aliphatic heterocycles. The van der Waals surface area contributed by atoms with Gasteiger partial charge in [0, 0.05) is 23.8 Å². The van der Waals surface area contributed by atoms with Crippen LogP contribution >= 0.6 is 11.8 Å². The summed E-state index contributed by atoms with van der Waals surface area (Å²) in [6.45, 7) is 5.45. The molecule has 124 valence electrons. The fraction of sp³-hybridized carbons (Fsp3) is 0.389. The number of rotatable bonds is 3. The number of hydrogen-bond donors (Lipinski definition) is 1. The monoisotopic (exact) mass is 340 g/mol. The van der Waals surface area contributed by atoms with E-state index in [9.17, 15) is 10.1 Å². The van der Waals surface area contributed by atoms with Gasteiger partial charge in [0.25, 0.3) is 5.56 Å². The van der Waals surface area contributed by atoms with Crippen molar-refractivity contribution < 1.29 is 0 Å². The summed E-state index contributed by atoms with van der Waals surface area (Å²) in [6.07, 6.45) is 3.97. The van der Waals surface area contributed by atoms with Crippen molar-refractivity contribution in [2.45, 2.75) is 37.9 Å². The highest BCUT2D eigenvalue weighted by Crippen LogP contribution is 2.33. The van der Waals surface area contributed by atoms with Crippen LogP contribution in [0.25, 0.3) is 11.3 Å². The van der Waals surface area contributed by atoms with Crippen LogP contribution in [-0.4, -0.2) is 28.8 Å². The average Bonchev–Trinajstić information content (AvgIpc) is 2.59. The van der Waals surface area contributed by atoms with Gasteiger partial charge in [0.2, 0.25) is 0 Å². The van der Waals surface area contributed by atoms with Crippen molar-refractivity contribution >= 4 is 17.4 Å². The molecule has 0 radical (unpaired) electrons. The first-order valence-electron chi connectivity index (χ1n) is 8.03. The van der Waals surface area contributed by atoms with Crippen LogP contribution in [0.1, 0.15) is 31.4 Å². The van der Waals surface area contributed by atoms with Gasteiger partial charge in [-0.1, -0.05) is 17.8 Å². The number of aromatic amines is 1. The molecule has 0 spiro atoms. The van der Waals surface area contributed by atoms with Crippen molar-refractivity contribution in [3.8, 4) is 17.3 Å². The lowest BCUT2D eigenvalue weighted by Crippen LogP contribution is -2.35. The number of nitrogens with zero attached hydrogens (tertiary/aromatic N) is 3. The summed E-state index contributed by atoms with van der Waals surface area (Å²) >= 11 is 1.36. The molecule has 0 aliphatic carbocycles. The van der Waals surface area contributed by atoms with Crippen LogP contribution in [0.5, 0.6) is 0 Å². The summed E-state index contributed by atoms with van der Waals surface area (Å²) in [6, 6.07) is 8.58. The number of fused-ring (bicyclic) bond motifs is 1. The molecule has 0 bridgehead atoms. The summed E-state index contributed by atoms with van der Waals surface area (Å²) in [4.78, 5) is 21.6. The standard InChI is InChI=1S/C18H20N4OS/c1-11(2)22-8-4-5-12-9-13(6-7-15(12)22)16-14(10-19)17(23)21-18(20-16)24-3/h6-7,9,11H,4-5,8H2,1-3H3,(H,20,21,23). The molecule has 2 aromatic rings. The highest BCUT2D eigenvalue weighted by molar-refractivity contribution is 7.98. The van der Waals surface area contributed by atoms with E-state index >= 15 is 0 Å². The lowest BCUT2D eigenvalue weighted by atomic mass is 9.96. The van der Waals surface area contributed by atoms with Crippen molar-refractivity contribution in [3.63, 3.8) is 0 Å². The molecule has 0 unspecified atom stereocenters. The zero-order valence-corrected chi connectivity index (χ0v) is 14.9. The Hall–Kier alpha value is -2.26. The Labute approximate surface area is 145 Å². The van der Waals surface area contributed by atoms with E-state index in [1.54, 1.807) is 0 Å². The number of thioether (sulfide) groups is 1. The smallest absolute Gasteiger partial charge is 0.270 e. The maximum atomic E-state index is 12.1. The molecule has 0 atom stereocenters. The first-order valence-corrected chi connectivity index (χ1v) is 9.26. The Kier molecular flexibility index (Phi) is 4.63. The van der Waals surface area contributed by atoms with Crippen LogP contribution in [-0.2, 0) is 6.42 Å². The molecule has 24 heavy (non-hydrogen) atoms. The number of H-pyrrole nitrogens is 1. The first-order chi connectivity index (χ1) is 11.5. The number of nitrogens with one attached hydrogen (secondary N) is 1. The Morgan fingerprint density at radius 2 is 2.21 bits per heavy atom. The fourth-order valence-corrected chi connectivity index (χ4v) is 3.55. The summed E-state index contributed by atoms with van der Waals surface area (Å²) in [5.41, 5.74) is 3.49. The first kappa shape index (κ1) is 16.6. The molecule has 1 N–H and O–H groups in total. The predicted octanol–water partition coefficient (Wildman–Crippen LogP) is 3.19. The second kappa shape index (κ2) is 6.70. The Morgan fingerprint density at radius 1 is 1.42 bits per heavy atom. The molecular formula is C18H20N4OS. The van der Waals surface area contributed by atoms with Gasteiger partial charge < -0.3 is 9.88 Å². The van der Waals surface area contributed by atoms with E-state index in [0.29, 0.717) is 16.9 Å². The molecule has 1 aliphatic rings. The van der Waals surface area contributed by atoms with E-state index < -0.39 is 0 Å². The van der Waals surface area contributed by atoms with Gasteiger partial charge in [0.05, 0.1) is 5.69 Å². The minimum Gasteiger partial charge on any atom is -0.369 e. The van der Waals surface area contributed by atoms with Gasteiger partial charge in [-0.15, -0.1) is 0 Å². The minimum atomic E-state index is -0.381. The normalized spacial score (nSPS) is 13.7. The highest BCUT2D eigenvalue weighted by atomic mass is 32.2. The SMILES string of the molecule is CSc1nc(-c2ccc3c(c2)CCCN3C(C)C)c(C#N)c(=O)[nH]1. The summed E-state index contributed by atoms with van der Waals surface area (Å²) in [7, 11) is 0. The molecule has 5 nitrogen and oxygen atoms in total. The number of hydrogen-bond acceptors (Lipinski definition) is 5. The van der Waals surface area contributed by atoms with E-state index in [1.165, 1.54) is 23.0 Å². The minimum absolute atomic E-state index is 0.0734. The predicted molar refractivity (Wildman–Crippen MR) is 97.6 cm³/mol. The van der Waals surface area contributed by atoms with Crippen LogP contribution in [0.4, 0.5) is 5.69 Å². The number of nitriles is 1. The zero-order chi connectivity index (χ0) is 17.3. The second-order valence-corrected chi connectivity index (χ2v) is 6.94. The van der Waals surface area contributed by atoms with Crippen LogP contribution in [0, 0.1) is 11.3 Å². The Bertz CT molecular complexity index is 866. The lowest BCUT2D eigenvalue weighted by molar-refractivity contribution is 0.626. The summed E-state index contributed by atoms with van der Waals surface area (Å²) in [5, 5.41) is 9.88. The van der Waals surface area contributed by atoms with Gasteiger partial charge >= 0.3 is 0 Å². The third kappa shape index (κ3) is 2.92.